The SMILES string of the molecule is C=CCCC(Cl)c1ccccc1. The maximum absolute atomic E-state index is 6.14. The summed E-state index contributed by atoms with van der Waals surface area (Å²) in [6.45, 7) is 3.67. The van der Waals surface area contributed by atoms with Crippen LogP contribution in [0.3, 0.4) is 0 Å². The van der Waals surface area contributed by atoms with Crippen molar-refractivity contribution in [1.29, 1.82) is 0 Å². The fraction of sp³-hybridized carbons (Fsp3) is 0.273. The number of hydrogen-bond acceptors (Lipinski definition) is 0. The lowest BCUT2D eigenvalue weighted by Crippen LogP contribution is -1.88. The average molecular weight is 181 g/mol. The first-order valence-corrected chi connectivity index (χ1v) is 4.58. The quantitative estimate of drug-likeness (QED) is 0.487. The summed E-state index contributed by atoms with van der Waals surface area (Å²) in [5.41, 5.74) is 1.20. The van der Waals surface area contributed by atoms with Crippen LogP contribution < -0.4 is 0 Å². The van der Waals surface area contributed by atoms with Crippen molar-refractivity contribution in [2.45, 2.75) is 18.2 Å². The molecule has 0 N–H and O–H groups in total. The van der Waals surface area contributed by atoms with Gasteiger partial charge in [0, 0.05) is 0 Å². The highest BCUT2D eigenvalue weighted by Crippen LogP contribution is 2.24. The predicted octanol–water partition coefficient (Wildman–Crippen LogP) is 3.93. The molecule has 0 spiro atoms. The minimum Gasteiger partial charge on any atom is -0.118 e. The molecule has 0 fully saturated rings. The highest BCUT2D eigenvalue weighted by atomic mass is 35.5. The highest BCUT2D eigenvalue weighted by molar-refractivity contribution is 6.20. The lowest BCUT2D eigenvalue weighted by Gasteiger charge is -2.06. The smallest absolute Gasteiger partial charge is 0.0588 e. The first-order chi connectivity index (χ1) is 5.84. The molecule has 0 aliphatic carbocycles. The van der Waals surface area contributed by atoms with E-state index in [1.165, 1.54) is 5.56 Å². The molecule has 0 heterocycles. The van der Waals surface area contributed by atoms with Gasteiger partial charge in [0.1, 0.15) is 0 Å². The van der Waals surface area contributed by atoms with Crippen molar-refractivity contribution in [1.82, 2.24) is 0 Å². The summed E-state index contributed by atoms with van der Waals surface area (Å²) < 4.78 is 0. The van der Waals surface area contributed by atoms with E-state index in [0.717, 1.165) is 12.8 Å². The van der Waals surface area contributed by atoms with Crippen LogP contribution in [0.2, 0.25) is 0 Å². The molecule has 1 rings (SSSR count). The Bertz CT molecular complexity index is 228. The molecule has 0 nitrogen and oxygen atoms in total. The maximum Gasteiger partial charge on any atom is 0.0588 e. The molecular weight excluding hydrogens is 168 g/mol. The number of alkyl halides is 1. The molecule has 0 aliphatic heterocycles. The van der Waals surface area contributed by atoms with E-state index in [2.05, 4.69) is 18.7 Å². The van der Waals surface area contributed by atoms with Crippen molar-refractivity contribution in [3.05, 3.63) is 48.6 Å². The van der Waals surface area contributed by atoms with E-state index in [1.807, 2.05) is 24.3 Å². The van der Waals surface area contributed by atoms with Gasteiger partial charge in [0.25, 0.3) is 0 Å². The molecule has 1 aromatic carbocycles. The Morgan fingerprint density at radius 3 is 2.58 bits per heavy atom. The third kappa shape index (κ3) is 2.71. The molecule has 0 radical (unpaired) electrons. The van der Waals surface area contributed by atoms with Crippen molar-refractivity contribution in [2.24, 2.45) is 0 Å². The minimum atomic E-state index is 0.129. The number of allylic oxidation sites excluding steroid dienone is 1. The van der Waals surface area contributed by atoms with Gasteiger partial charge in [0.05, 0.1) is 5.38 Å². The van der Waals surface area contributed by atoms with Gasteiger partial charge in [-0.05, 0) is 18.4 Å². The van der Waals surface area contributed by atoms with Crippen molar-refractivity contribution in [3.63, 3.8) is 0 Å². The number of rotatable bonds is 4. The molecule has 1 unspecified atom stereocenters. The lowest BCUT2D eigenvalue weighted by atomic mass is 10.1. The van der Waals surface area contributed by atoms with E-state index in [0.29, 0.717) is 0 Å². The van der Waals surface area contributed by atoms with Gasteiger partial charge in [-0.25, -0.2) is 0 Å². The third-order valence-electron chi connectivity index (χ3n) is 1.79. The molecule has 0 bridgehead atoms. The van der Waals surface area contributed by atoms with Crippen LogP contribution in [0, 0.1) is 0 Å². The van der Waals surface area contributed by atoms with Crippen LogP contribution in [0.1, 0.15) is 23.8 Å². The summed E-state index contributed by atoms with van der Waals surface area (Å²) in [4.78, 5) is 0. The van der Waals surface area contributed by atoms with Crippen LogP contribution in [0.15, 0.2) is 43.0 Å². The van der Waals surface area contributed by atoms with Gasteiger partial charge >= 0.3 is 0 Å². The third-order valence-corrected chi connectivity index (χ3v) is 2.26. The molecule has 1 aromatic rings. The van der Waals surface area contributed by atoms with Gasteiger partial charge in [-0.15, -0.1) is 18.2 Å². The summed E-state index contributed by atoms with van der Waals surface area (Å²) >= 11 is 6.14. The first kappa shape index (κ1) is 9.34. The summed E-state index contributed by atoms with van der Waals surface area (Å²) in [6, 6.07) is 10.1. The fourth-order valence-corrected chi connectivity index (χ4v) is 1.36. The second kappa shape index (κ2) is 5.00. The largest absolute Gasteiger partial charge is 0.118 e. The fourth-order valence-electron chi connectivity index (χ4n) is 1.09. The van der Waals surface area contributed by atoms with Gasteiger partial charge < -0.3 is 0 Å². The Morgan fingerprint density at radius 2 is 2.00 bits per heavy atom. The van der Waals surface area contributed by atoms with Crippen LogP contribution in [0.4, 0.5) is 0 Å². The van der Waals surface area contributed by atoms with E-state index in [4.69, 9.17) is 11.6 Å². The molecule has 0 aliphatic rings. The van der Waals surface area contributed by atoms with Crippen LogP contribution in [-0.4, -0.2) is 0 Å². The minimum absolute atomic E-state index is 0.129. The standard InChI is InChI=1S/C11H13Cl/c1-2-3-9-11(12)10-7-5-4-6-8-10/h2,4-8,11H,1,3,9H2. The van der Waals surface area contributed by atoms with E-state index in [9.17, 15) is 0 Å². The Morgan fingerprint density at radius 1 is 1.33 bits per heavy atom. The zero-order valence-electron chi connectivity index (χ0n) is 7.04. The molecule has 1 atom stereocenters. The van der Waals surface area contributed by atoms with Gasteiger partial charge in [-0.1, -0.05) is 36.4 Å². The van der Waals surface area contributed by atoms with Crippen LogP contribution in [-0.2, 0) is 0 Å². The molecule has 0 saturated heterocycles. The normalized spacial score (nSPS) is 12.4. The summed E-state index contributed by atoms with van der Waals surface area (Å²) in [5.74, 6) is 0. The monoisotopic (exact) mass is 180 g/mol. The predicted molar refractivity (Wildman–Crippen MR) is 54.5 cm³/mol. The van der Waals surface area contributed by atoms with E-state index >= 15 is 0 Å². The molecule has 0 saturated carbocycles. The Kier molecular flexibility index (Phi) is 3.89. The van der Waals surface area contributed by atoms with Crippen molar-refractivity contribution < 1.29 is 0 Å². The second-order valence-electron chi connectivity index (χ2n) is 2.74. The van der Waals surface area contributed by atoms with Crippen molar-refractivity contribution >= 4 is 11.6 Å². The maximum atomic E-state index is 6.14. The second-order valence-corrected chi connectivity index (χ2v) is 3.27. The molecule has 64 valence electrons. The Balaban J connectivity index is 2.53. The Hall–Kier alpha value is -0.750. The van der Waals surface area contributed by atoms with Crippen LogP contribution >= 0.6 is 11.6 Å². The van der Waals surface area contributed by atoms with Crippen LogP contribution in [0.5, 0.6) is 0 Å². The Labute approximate surface area is 78.9 Å². The van der Waals surface area contributed by atoms with Gasteiger partial charge in [0.2, 0.25) is 0 Å². The van der Waals surface area contributed by atoms with Gasteiger partial charge in [-0.3, -0.25) is 0 Å². The summed E-state index contributed by atoms with van der Waals surface area (Å²) in [7, 11) is 0. The molecule has 12 heavy (non-hydrogen) atoms. The molecule has 1 heteroatoms. The van der Waals surface area contributed by atoms with Crippen molar-refractivity contribution in [2.75, 3.05) is 0 Å². The molecule has 0 aromatic heterocycles. The molecular formula is C11H13Cl. The number of halogens is 1. The summed E-state index contributed by atoms with van der Waals surface area (Å²) in [6.07, 6.45) is 3.84. The highest BCUT2D eigenvalue weighted by Gasteiger charge is 2.04. The zero-order valence-corrected chi connectivity index (χ0v) is 7.80. The van der Waals surface area contributed by atoms with Gasteiger partial charge in [0.15, 0.2) is 0 Å². The van der Waals surface area contributed by atoms with E-state index in [1.54, 1.807) is 0 Å². The topological polar surface area (TPSA) is 0 Å². The number of benzene rings is 1. The zero-order chi connectivity index (χ0) is 8.81. The lowest BCUT2D eigenvalue weighted by molar-refractivity contribution is 0.814. The van der Waals surface area contributed by atoms with E-state index < -0.39 is 0 Å². The van der Waals surface area contributed by atoms with E-state index in [-0.39, 0.29) is 5.38 Å². The summed E-state index contributed by atoms with van der Waals surface area (Å²) in [5, 5.41) is 0.129. The first-order valence-electron chi connectivity index (χ1n) is 4.14. The van der Waals surface area contributed by atoms with Crippen molar-refractivity contribution in [3.8, 4) is 0 Å². The number of hydrogen-bond donors (Lipinski definition) is 0. The van der Waals surface area contributed by atoms with Gasteiger partial charge in [-0.2, -0.15) is 0 Å². The average Bonchev–Trinajstić information content (AvgIpc) is 2.15. The molecule has 0 amide bonds. The van der Waals surface area contributed by atoms with Crippen LogP contribution in [0.25, 0.3) is 0 Å².